The predicted octanol–water partition coefficient (Wildman–Crippen LogP) is 2.22. The Balaban J connectivity index is 1.87. The summed E-state index contributed by atoms with van der Waals surface area (Å²) in [6, 6.07) is 7.66. The molecule has 1 saturated carbocycles. The molecule has 1 atom stereocenters. The Bertz CT molecular complexity index is 566. The number of hydrogen-bond donors (Lipinski definition) is 1. The molecule has 112 valence electrons. The van der Waals surface area contributed by atoms with Crippen LogP contribution in [0, 0.1) is 0 Å². The normalized spacial score (nSPS) is 23.6. The van der Waals surface area contributed by atoms with Gasteiger partial charge in [-0.15, -0.1) is 0 Å². The lowest BCUT2D eigenvalue weighted by molar-refractivity contribution is -0.145. The Labute approximate surface area is 133 Å². The molecule has 5 heteroatoms. The van der Waals surface area contributed by atoms with Crippen LogP contribution in [0.1, 0.15) is 31.7 Å². The number of nitrogens with zero attached hydrogens (tertiary/aromatic N) is 1. The van der Waals surface area contributed by atoms with Crippen molar-refractivity contribution >= 4 is 27.7 Å². The van der Waals surface area contributed by atoms with Crippen LogP contribution in [0.25, 0.3) is 0 Å². The third-order valence-electron chi connectivity index (χ3n) is 4.53. The van der Waals surface area contributed by atoms with Crippen molar-refractivity contribution in [3.8, 4) is 0 Å². The topological polar surface area (TPSA) is 49.4 Å². The molecule has 1 saturated heterocycles. The monoisotopic (exact) mass is 350 g/mol. The van der Waals surface area contributed by atoms with E-state index in [4.69, 9.17) is 0 Å². The molecule has 0 bridgehead atoms. The van der Waals surface area contributed by atoms with E-state index in [0.717, 1.165) is 22.9 Å². The summed E-state index contributed by atoms with van der Waals surface area (Å²) >= 11 is 3.43. The highest BCUT2D eigenvalue weighted by Gasteiger charge is 2.54. The fourth-order valence-electron chi connectivity index (χ4n) is 3.16. The largest absolute Gasteiger partial charge is 0.353 e. The van der Waals surface area contributed by atoms with Crippen molar-refractivity contribution in [3.63, 3.8) is 0 Å². The average molecular weight is 351 g/mol. The number of halogens is 1. The minimum absolute atomic E-state index is 0.0243. The van der Waals surface area contributed by atoms with Crippen LogP contribution in [0.5, 0.6) is 0 Å². The molecule has 1 N–H and O–H groups in total. The SMILES string of the molecule is CCC1C(=O)NCCN1C(=O)C1(c2ccc(Br)cc2)CC1. The number of carbonyl (C=O) groups excluding carboxylic acids is 2. The number of nitrogens with one attached hydrogen (secondary N) is 1. The molecule has 2 aliphatic rings. The van der Waals surface area contributed by atoms with Crippen LogP contribution in [-0.4, -0.2) is 35.8 Å². The second-order valence-corrected chi connectivity index (χ2v) is 6.72. The van der Waals surface area contributed by atoms with Gasteiger partial charge >= 0.3 is 0 Å². The van der Waals surface area contributed by atoms with Crippen LogP contribution in [-0.2, 0) is 15.0 Å². The van der Waals surface area contributed by atoms with Crippen molar-refractivity contribution in [2.75, 3.05) is 13.1 Å². The molecule has 4 nitrogen and oxygen atoms in total. The third-order valence-corrected chi connectivity index (χ3v) is 5.06. The maximum absolute atomic E-state index is 13.0. The van der Waals surface area contributed by atoms with Gasteiger partial charge in [0.2, 0.25) is 11.8 Å². The second-order valence-electron chi connectivity index (χ2n) is 5.80. The summed E-state index contributed by atoms with van der Waals surface area (Å²) in [6.07, 6.45) is 2.41. The summed E-state index contributed by atoms with van der Waals surface area (Å²) in [5.74, 6) is 0.0928. The van der Waals surface area contributed by atoms with Gasteiger partial charge in [0.15, 0.2) is 0 Å². The van der Waals surface area contributed by atoms with Gasteiger partial charge in [0.05, 0.1) is 5.41 Å². The first-order chi connectivity index (χ1) is 10.1. The zero-order valence-corrected chi connectivity index (χ0v) is 13.6. The smallest absolute Gasteiger partial charge is 0.242 e. The summed E-state index contributed by atoms with van der Waals surface area (Å²) in [6.45, 7) is 3.12. The fraction of sp³-hybridized carbons (Fsp3) is 0.500. The van der Waals surface area contributed by atoms with Crippen LogP contribution in [0.2, 0.25) is 0 Å². The van der Waals surface area contributed by atoms with E-state index in [0.29, 0.717) is 19.5 Å². The summed E-state index contributed by atoms with van der Waals surface area (Å²) in [5.41, 5.74) is 0.669. The maximum atomic E-state index is 13.0. The Hall–Kier alpha value is -1.36. The van der Waals surface area contributed by atoms with E-state index >= 15 is 0 Å². The molecular weight excluding hydrogens is 332 g/mol. The molecule has 2 fully saturated rings. The Kier molecular flexibility index (Phi) is 3.78. The van der Waals surface area contributed by atoms with Gasteiger partial charge in [-0.3, -0.25) is 9.59 Å². The van der Waals surface area contributed by atoms with Gasteiger partial charge in [0.25, 0.3) is 0 Å². The number of amides is 2. The highest BCUT2D eigenvalue weighted by atomic mass is 79.9. The number of rotatable bonds is 3. The summed E-state index contributed by atoms with van der Waals surface area (Å²) < 4.78 is 1.01. The molecule has 1 heterocycles. The maximum Gasteiger partial charge on any atom is 0.242 e. The first-order valence-corrected chi connectivity index (χ1v) is 8.22. The zero-order valence-electron chi connectivity index (χ0n) is 12.1. The quantitative estimate of drug-likeness (QED) is 0.908. The Morgan fingerprint density at radius 3 is 2.62 bits per heavy atom. The van der Waals surface area contributed by atoms with Gasteiger partial charge in [-0.2, -0.15) is 0 Å². The minimum Gasteiger partial charge on any atom is -0.353 e. The van der Waals surface area contributed by atoms with Crippen molar-refractivity contribution in [1.82, 2.24) is 10.2 Å². The van der Waals surface area contributed by atoms with Crippen molar-refractivity contribution in [1.29, 1.82) is 0 Å². The number of carbonyl (C=O) groups is 2. The lowest BCUT2D eigenvalue weighted by Gasteiger charge is -2.37. The van der Waals surface area contributed by atoms with Gasteiger partial charge in [-0.1, -0.05) is 35.0 Å². The van der Waals surface area contributed by atoms with Crippen molar-refractivity contribution in [2.45, 2.75) is 37.6 Å². The molecule has 3 rings (SSSR count). The van der Waals surface area contributed by atoms with E-state index in [9.17, 15) is 9.59 Å². The van der Waals surface area contributed by atoms with Crippen molar-refractivity contribution in [2.24, 2.45) is 0 Å². The minimum atomic E-state index is -0.397. The van der Waals surface area contributed by atoms with Gasteiger partial charge in [-0.05, 0) is 37.0 Å². The Morgan fingerprint density at radius 1 is 1.38 bits per heavy atom. The average Bonchev–Trinajstić information content (AvgIpc) is 3.28. The van der Waals surface area contributed by atoms with E-state index in [2.05, 4.69) is 21.2 Å². The molecule has 1 aromatic rings. The number of hydrogen-bond acceptors (Lipinski definition) is 2. The summed E-state index contributed by atoms with van der Waals surface area (Å²) in [7, 11) is 0. The first kappa shape index (κ1) is 14.6. The second kappa shape index (κ2) is 5.44. The third kappa shape index (κ3) is 2.48. The molecule has 1 aromatic carbocycles. The van der Waals surface area contributed by atoms with Crippen molar-refractivity contribution in [3.05, 3.63) is 34.3 Å². The van der Waals surface area contributed by atoms with E-state index in [1.807, 2.05) is 31.2 Å². The van der Waals surface area contributed by atoms with Gasteiger partial charge in [0.1, 0.15) is 6.04 Å². The highest BCUT2D eigenvalue weighted by molar-refractivity contribution is 9.10. The van der Waals surface area contributed by atoms with E-state index < -0.39 is 5.41 Å². The zero-order chi connectivity index (χ0) is 15.0. The summed E-state index contributed by atoms with van der Waals surface area (Å²) in [5, 5.41) is 2.85. The molecule has 1 unspecified atom stereocenters. The molecule has 21 heavy (non-hydrogen) atoms. The van der Waals surface area contributed by atoms with Crippen LogP contribution in [0.15, 0.2) is 28.7 Å². The standard InChI is InChI=1S/C16H19BrN2O2/c1-2-13-14(20)18-9-10-19(13)15(21)16(7-8-16)11-3-5-12(17)6-4-11/h3-6,13H,2,7-10H2,1H3,(H,18,20). The molecular formula is C16H19BrN2O2. The number of piperazine rings is 1. The van der Waals surface area contributed by atoms with E-state index in [-0.39, 0.29) is 17.9 Å². The lowest BCUT2D eigenvalue weighted by atomic mass is 9.93. The predicted molar refractivity (Wildman–Crippen MR) is 83.9 cm³/mol. The van der Waals surface area contributed by atoms with Crippen LogP contribution < -0.4 is 5.32 Å². The van der Waals surface area contributed by atoms with E-state index in [1.165, 1.54) is 0 Å². The van der Waals surface area contributed by atoms with Crippen LogP contribution >= 0.6 is 15.9 Å². The highest BCUT2D eigenvalue weighted by Crippen LogP contribution is 2.50. The first-order valence-electron chi connectivity index (χ1n) is 7.43. The van der Waals surface area contributed by atoms with Crippen LogP contribution in [0.4, 0.5) is 0 Å². The lowest BCUT2D eigenvalue weighted by Crippen LogP contribution is -2.59. The van der Waals surface area contributed by atoms with E-state index in [1.54, 1.807) is 4.90 Å². The number of benzene rings is 1. The molecule has 1 aliphatic carbocycles. The van der Waals surface area contributed by atoms with Gasteiger partial charge in [0, 0.05) is 17.6 Å². The molecule has 0 aromatic heterocycles. The van der Waals surface area contributed by atoms with Crippen molar-refractivity contribution < 1.29 is 9.59 Å². The fourth-order valence-corrected chi connectivity index (χ4v) is 3.42. The molecule has 0 radical (unpaired) electrons. The molecule has 0 spiro atoms. The Morgan fingerprint density at radius 2 is 2.05 bits per heavy atom. The van der Waals surface area contributed by atoms with Gasteiger partial charge in [-0.25, -0.2) is 0 Å². The van der Waals surface area contributed by atoms with Gasteiger partial charge < -0.3 is 10.2 Å². The molecule has 2 amide bonds. The van der Waals surface area contributed by atoms with Crippen LogP contribution in [0.3, 0.4) is 0 Å². The summed E-state index contributed by atoms with van der Waals surface area (Å²) in [4.78, 5) is 26.8. The molecule has 1 aliphatic heterocycles.